The first-order chi connectivity index (χ1) is 8.97. The lowest BCUT2D eigenvalue weighted by Crippen LogP contribution is -2.34. The zero-order chi connectivity index (χ0) is 14.0. The van der Waals surface area contributed by atoms with Gasteiger partial charge in [-0.25, -0.2) is 4.79 Å². The molecule has 0 aliphatic carbocycles. The number of rotatable bonds is 1. The van der Waals surface area contributed by atoms with Crippen molar-refractivity contribution in [2.24, 2.45) is 4.99 Å². The van der Waals surface area contributed by atoms with Gasteiger partial charge in [0.1, 0.15) is 0 Å². The minimum Gasteiger partial charge on any atom is -0.307 e. The fourth-order valence-electron chi connectivity index (χ4n) is 1.51. The average Bonchev–Trinajstić information content (AvgIpc) is 2.79. The second-order valence-electron chi connectivity index (χ2n) is 4.17. The highest BCUT2D eigenvalue weighted by Gasteiger charge is 2.22. The summed E-state index contributed by atoms with van der Waals surface area (Å²) in [5.74, 6) is 0. The van der Waals surface area contributed by atoms with Crippen molar-refractivity contribution in [3.8, 4) is 0 Å². The third kappa shape index (κ3) is 3.55. The first-order valence-electron chi connectivity index (χ1n) is 5.68. The lowest BCUT2D eigenvalue weighted by Gasteiger charge is -2.17. The van der Waals surface area contributed by atoms with Gasteiger partial charge in [-0.05, 0) is 18.2 Å². The maximum atomic E-state index is 12.0. The van der Waals surface area contributed by atoms with Crippen molar-refractivity contribution >= 4 is 51.8 Å². The minimum atomic E-state index is -0.251. The van der Waals surface area contributed by atoms with Crippen LogP contribution in [0.25, 0.3) is 0 Å². The molecule has 4 nitrogen and oxygen atoms in total. The van der Waals surface area contributed by atoms with E-state index in [-0.39, 0.29) is 6.03 Å². The van der Waals surface area contributed by atoms with Crippen LogP contribution in [0.15, 0.2) is 23.2 Å². The first-order valence-corrected chi connectivity index (χ1v) is 7.32. The van der Waals surface area contributed by atoms with Crippen LogP contribution in [-0.4, -0.2) is 34.9 Å². The summed E-state index contributed by atoms with van der Waals surface area (Å²) in [7, 11) is 1.69. The third-order valence-corrected chi connectivity index (χ3v) is 4.46. The molecule has 1 aliphatic heterocycles. The summed E-state index contributed by atoms with van der Waals surface area (Å²) < 4.78 is 0. The second kappa shape index (κ2) is 6.03. The standard InChI is InChI=1S/C12H13Cl2N3OS/c1-7-6-15-12(19-7)17(2)11(18)16-8-3-4-9(13)10(14)5-8/h3-5,7H,6H2,1-2H3,(H,16,18). The van der Waals surface area contributed by atoms with E-state index in [2.05, 4.69) is 17.2 Å². The molecule has 102 valence electrons. The lowest BCUT2D eigenvalue weighted by molar-refractivity contribution is 0.239. The fraction of sp³-hybridized carbons (Fsp3) is 0.333. The SMILES string of the molecule is CC1CN=C(N(C)C(=O)Nc2ccc(Cl)c(Cl)c2)S1. The van der Waals surface area contributed by atoms with Crippen molar-refractivity contribution in [3.63, 3.8) is 0 Å². The second-order valence-corrected chi connectivity index (χ2v) is 6.39. The molecule has 1 N–H and O–H groups in total. The van der Waals surface area contributed by atoms with Crippen molar-refractivity contribution in [2.75, 3.05) is 18.9 Å². The molecule has 0 aromatic heterocycles. The smallest absolute Gasteiger partial charge is 0.307 e. The molecule has 1 heterocycles. The Bertz CT molecular complexity index is 536. The van der Waals surface area contributed by atoms with Crippen LogP contribution in [0.5, 0.6) is 0 Å². The third-order valence-electron chi connectivity index (χ3n) is 2.55. The Morgan fingerprint density at radius 3 is 2.79 bits per heavy atom. The van der Waals surface area contributed by atoms with E-state index in [9.17, 15) is 4.79 Å². The zero-order valence-corrected chi connectivity index (χ0v) is 12.8. The molecule has 0 spiro atoms. The molecule has 1 unspecified atom stereocenters. The van der Waals surface area contributed by atoms with Gasteiger partial charge in [0.05, 0.1) is 16.6 Å². The van der Waals surface area contributed by atoms with E-state index in [1.54, 1.807) is 37.0 Å². The monoisotopic (exact) mass is 317 g/mol. The molecular formula is C12H13Cl2N3OS. The highest BCUT2D eigenvalue weighted by Crippen LogP contribution is 2.26. The predicted molar refractivity (Wildman–Crippen MR) is 82.6 cm³/mol. The van der Waals surface area contributed by atoms with Crippen LogP contribution in [0.4, 0.5) is 10.5 Å². The van der Waals surface area contributed by atoms with E-state index in [0.717, 1.165) is 11.7 Å². The molecule has 0 saturated heterocycles. The van der Waals surface area contributed by atoms with Crippen molar-refractivity contribution in [1.82, 2.24) is 4.90 Å². The van der Waals surface area contributed by atoms with E-state index >= 15 is 0 Å². The summed E-state index contributed by atoms with van der Waals surface area (Å²) in [5.41, 5.74) is 0.600. The zero-order valence-electron chi connectivity index (χ0n) is 10.5. The quantitative estimate of drug-likeness (QED) is 0.852. The van der Waals surface area contributed by atoms with E-state index in [1.165, 1.54) is 4.90 Å². The Balaban J connectivity index is 2.02. The number of hydrogen-bond donors (Lipinski definition) is 1. The summed E-state index contributed by atoms with van der Waals surface area (Å²) in [4.78, 5) is 17.9. The highest BCUT2D eigenvalue weighted by atomic mass is 35.5. The molecule has 2 amide bonds. The molecule has 1 aliphatic rings. The topological polar surface area (TPSA) is 44.7 Å². The Hall–Kier alpha value is -0.910. The van der Waals surface area contributed by atoms with Gasteiger partial charge in [0.2, 0.25) is 0 Å². The van der Waals surface area contributed by atoms with Crippen LogP contribution in [0, 0.1) is 0 Å². The summed E-state index contributed by atoms with van der Waals surface area (Å²) in [6, 6.07) is 4.70. The summed E-state index contributed by atoms with van der Waals surface area (Å²) in [5, 5.41) is 4.75. The molecular weight excluding hydrogens is 305 g/mol. The largest absolute Gasteiger partial charge is 0.327 e. The molecule has 2 rings (SSSR count). The van der Waals surface area contributed by atoms with E-state index in [0.29, 0.717) is 21.0 Å². The number of amides is 2. The number of nitrogens with zero attached hydrogens (tertiary/aromatic N) is 2. The number of thioether (sulfide) groups is 1. The summed E-state index contributed by atoms with van der Waals surface area (Å²) in [6.45, 7) is 2.82. The number of carbonyl (C=O) groups excluding carboxylic acids is 1. The van der Waals surface area contributed by atoms with Crippen LogP contribution in [0.1, 0.15) is 6.92 Å². The van der Waals surface area contributed by atoms with Gasteiger partial charge in [-0.1, -0.05) is 41.9 Å². The molecule has 1 atom stereocenters. The van der Waals surface area contributed by atoms with Crippen molar-refractivity contribution in [2.45, 2.75) is 12.2 Å². The number of halogens is 2. The molecule has 0 fully saturated rings. The van der Waals surface area contributed by atoms with Gasteiger partial charge < -0.3 is 5.32 Å². The fourth-order valence-corrected chi connectivity index (χ4v) is 2.71. The van der Waals surface area contributed by atoms with Gasteiger partial charge in [0, 0.05) is 18.0 Å². The van der Waals surface area contributed by atoms with Gasteiger partial charge in [0.15, 0.2) is 5.17 Å². The molecule has 1 aromatic carbocycles. The van der Waals surface area contributed by atoms with Gasteiger partial charge in [-0.3, -0.25) is 9.89 Å². The maximum absolute atomic E-state index is 12.0. The molecule has 7 heteroatoms. The first kappa shape index (κ1) is 14.5. The number of amidine groups is 1. The number of hydrogen-bond acceptors (Lipinski definition) is 3. The van der Waals surface area contributed by atoms with Crippen LogP contribution in [0.2, 0.25) is 10.0 Å². The summed E-state index contributed by atoms with van der Waals surface area (Å²) >= 11 is 13.3. The Kier molecular flexibility index (Phi) is 4.60. The van der Waals surface area contributed by atoms with Gasteiger partial charge >= 0.3 is 6.03 Å². The number of anilines is 1. The Morgan fingerprint density at radius 1 is 1.47 bits per heavy atom. The van der Waals surface area contributed by atoms with Gasteiger partial charge in [-0.15, -0.1) is 0 Å². The predicted octanol–water partition coefficient (Wildman–Crippen LogP) is 3.95. The lowest BCUT2D eigenvalue weighted by atomic mass is 10.3. The normalized spacial score (nSPS) is 18.1. The van der Waals surface area contributed by atoms with Crippen LogP contribution in [0.3, 0.4) is 0 Å². The molecule has 0 radical (unpaired) electrons. The highest BCUT2D eigenvalue weighted by molar-refractivity contribution is 8.14. The van der Waals surface area contributed by atoms with Crippen LogP contribution >= 0.6 is 35.0 Å². The van der Waals surface area contributed by atoms with Crippen molar-refractivity contribution < 1.29 is 4.79 Å². The Labute approximate surface area is 126 Å². The molecule has 0 bridgehead atoms. The van der Waals surface area contributed by atoms with Gasteiger partial charge in [0.25, 0.3) is 0 Å². The van der Waals surface area contributed by atoms with Crippen molar-refractivity contribution in [1.29, 1.82) is 0 Å². The van der Waals surface area contributed by atoms with E-state index in [4.69, 9.17) is 23.2 Å². The number of aliphatic imine (C=N–C) groups is 1. The van der Waals surface area contributed by atoms with Gasteiger partial charge in [-0.2, -0.15) is 0 Å². The number of nitrogens with one attached hydrogen (secondary N) is 1. The van der Waals surface area contributed by atoms with E-state index in [1.807, 2.05) is 0 Å². The number of benzene rings is 1. The molecule has 1 aromatic rings. The minimum absolute atomic E-state index is 0.251. The van der Waals surface area contributed by atoms with Crippen LogP contribution < -0.4 is 5.32 Å². The summed E-state index contributed by atoms with van der Waals surface area (Å²) in [6.07, 6.45) is 0. The van der Waals surface area contributed by atoms with E-state index < -0.39 is 0 Å². The van der Waals surface area contributed by atoms with Crippen LogP contribution in [-0.2, 0) is 0 Å². The maximum Gasteiger partial charge on any atom is 0.327 e. The number of urea groups is 1. The number of carbonyl (C=O) groups is 1. The molecule has 0 saturated carbocycles. The van der Waals surface area contributed by atoms with Crippen molar-refractivity contribution in [3.05, 3.63) is 28.2 Å². The average molecular weight is 318 g/mol. The molecule has 19 heavy (non-hydrogen) atoms. The Morgan fingerprint density at radius 2 is 2.21 bits per heavy atom.